The van der Waals surface area contributed by atoms with E-state index in [1.807, 2.05) is 28.8 Å². The van der Waals surface area contributed by atoms with E-state index in [2.05, 4.69) is 362 Å². The van der Waals surface area contributed by atoms with Crippen LogP contribution in [0.15, 0.2) is 209 Å². The van der Waals surface area contributed by atoms with Crippen molar-refractivity contribution in [1.82, 2.24) is 19.1 Å². The van der Waals surface area contributed by atoms with Crippen LogP contribution in [-0.2, 0) is 32.5 Å². The van der Waals surface area contributed by atoms with Crippen molar-refractivity contribution in [2.24, 2.45) is 0 Å². The SMILES string of the molecule is Brc1cccs1.C.C.C.C.C.CC(C)(C)c1ccc2[nH]c3ccc(C(C)(C)C)cc3c2c1.CC(C)(C)c1ccc2c(c1)c1cc(C(C)(C)C)ccc1n2-c1cc[c]([Sn]([CH3])([CH3])[CH3])s1.CC(C)(C)c1ccc2c(c1)c1cc(C(C)(C)C)ccc1n2-c1cccs1.c1ccc2c(c1)[nH]c1ccccc12. The maximum Gasteiger partial charge on any atom is 0.0999 e. The molecule has 0 unspecified atom stereocenters. The van der Waals surface area contributed by atoms with Gasteiger partial charge in [0.25, 0.3) is 0 Å². The van der Waals surface area contributed by atoms with Gasteiger partial charge in [0.15, 0.2) is 0 Å². The fourth-order valence-corrected chi connectivity index (χ4v) is 20.5. The molecule has 9 heteroatoms. The Balaban J connectivity index is 0.000000208. The molecular formula is C92H119BrN4S3Sn. The number of nitrogens with zero attached hydrogens (tertiary/aromatic N) is 2. The third-order valence-electron chi connectivity index (χ3n) is 18.5. The maximum atomic E-state index is 3.54. The van der Waals surface area contributed by atoms with Gasteiger partial charge < -0.3 is 14.5 Å². The van der Waals surface area contributed by atoms with Crippen LogP contribution in [0.4, 0.5) is 0 Å². The molecule has 0 aliphatic heterocycles. The molecule has 7 aromatic heterocycles. The number of aromatic nitrogens is 4. The van der Waals surface area contributed by atoms with Gasteiger partial charge in [0.05, 0.1) is 19.8 Å². The van der Waals surface area contributed by atoms with Gasteiger partial charge in [0.1, 0.15) is 0 Å². The van der Waals surface area contributed by atoms with Gasteiger partial charge in [-0.2, -0.15) is 0 Å². The summed E-state index contributed by atoms with van der Waals surface area (Å²) in [5, 5.41) is 17.5. The van der Waals surface area contributed by atoms with Crippen LogP contribution in [0, 0.1) is 0 Å². The molecule has 7 heterocycles. The van der Waals surface area contributed by atoms with Crippen LogP contribution in [0.2, 0.25) is 14.8 Å². The Morgan fingerprint density at radius 2 is 0.594 bits per heavy atom. The number of thiophene rings is 3. The minimum Gasteiger partial charge on any atom is -0.355 e. The van der Waals surface area contributed by atoms with Crippen molar-refractivity contribution in [3.63, 3.8) is 0 Å². The number of nitrogens with one attached hydrogen (secondary N) is 2. The number of hydrogen-bond donors (Lipinski definition) is 2. The third kappa shape index (κ3) is 18.3. The minimum absolute atomic E-state index is 0. The zero-order chi connectivity index (χ0) is 69.2. The van der Waals surface area contributed by atoms with E-state index in [0.717, 1.165) is 0 Å². The first-order valence-corrected chi connectivity index (χ1v) is 47.3. The predicted octanol–water partition coefficient (Wildman–Crippen LogP) is 30.4. The van der Waals surface area contributed by atoms with Gasteiger partial charge in [-0.15, -0.1) is 22.7 Å². The molecule has 15 rings (SSSR count). The number of benzene rings is 8. The van der Waals surface area contributed by atoms with Crippen LogP contribution >= 0.6 is 49.9 Å². The summed E-state index contributed by atoms with van der Waals surface area (Å²) < 4.78 is 7.73. The first-order chi connectivity index (χ1) is 44.9. The predicted molar refractivity (Wildman–Crippen MR) is 470 cm³/mol. The van der Waals surface area contributed by atoms with E-state index in [1.165, 1.54) is 134 Å². The van der Waals surface area contributed by atoms with E-state index in [9.17, 15) is 0 Å². The van der Waals surface area contributed by atoms with Crippen LogP contribution in [0.5, 0.6) is 0 Å². The van der Waals surface area contributed by atoms with E-state index >= 15 is 0 Å². The second-order valence-electron chi connectivity index (χ2n) is 33.2. The van der Waals surface area contributed by atoms with E-state index in [4.69, 9.17) is 0 Å². The van der Waals surface area contributed by atoms with E-state index in [1.54, 1.807) is 25.6 Å². The number of halogens is 1. The number of aromatic amines is 2. The van der Waals surface area contributed by atoms with Crippen molar-refractivity contribution >= 4 is 158 Å². The summed E-state index contributed by atoms with van der Waals surface area (Å²) in [6.07, 6.45) is 0. The van der Waals surface area contributed by atoms with Crippen molar-refractivity contribution < 1.29 is 0 Å². The van der Waals surface area contributed by atoms with Crippen LogP contribution in [0.3, 0.4) is 0 Å². The fourth-order valence-electron chi connectivity index (χ4n) is 12.5. The molecule has 0 saturated heterocycles. The molecule has 0 amide bonds. The average Bonchev–Trinajstić information content (AvgIpc) is 1.59. The van der Waals surface area contributed by atoms with Crippen molar-refractivity contribution in [2.45, 2.75) is 209 Å². The van der Waals surface area contributed by atoms with Crippen molar-refractivity contribution in [2.75, 3.05) is 0 Å². The van der Waals surface area contributed by atoms with E-state index in [0.29, 0.717) is 0 Å². The summed E-state index contributed by atoms with van der Waals surface area (Å²) >= 11 is 6.70. The Kier molecular flexibility index (Phi) is 26.2. The summed E-state index contributed by atoms with van der Waals surface area (Å²) in [5.41, 5.74) is 19.4. The van der Waals surface area contributed by atoms with Crippen molar-refractivity contribution in [1.29, 1.82) is 0 Å². The molecular weight excluding hydrogens is 1460 g/mol. The zero-order valence-corrected chi connectivity index (χ0v) is 67.5. The number of H-pyrrole nitrogens is 2. The topological polar surface area (TPSA) is 41.4 Å². The zero-order valence-electron chi connectivity index (χ0n) is 60.6. The van der Waals surface area contributed by atoms with E-state index < -0.39 is 18.4 Å². The van der Waals surface area contributed by atoms with Gasteiger partial charge in [0, 0.05) is 54.4 Å². The van der Waals surface area contributed by atoms with Crippen LogP contribution in [-0.4, -0.2) is 37.5 Å². The van der Waals surface area contributed by atoms with Crippen molar-refractivity contribution in [3.8, 4) is 10.0 Å². The first-order valence-electron chi connectivity index (χ1n) is 34.0. The third-order valence-corrected chi connectivity index (χ3v) is 31.4. The van der Waals surface area contributed by atoms with Crippen molar-refractivity contribution in [3.05, 3.63) is 242 Å². The van der Waals surface area contributed by atoms with Gasteiger partial charge in [-0.25, -0.2) is 0 Å². The largest absolute Gasteiger partial charge is 0.355 e. The number of para-hydroxylation sites is 2. The Morgan fingerprint density at radius 3 is 0.871 bits per heavy atom. The Labute approximate surface area is 633 Å². The quantitative estimate of drug-likeness (QED) is 0.166. The summed E-state index contributed by atoms with van der Waals surface area (Å²) in [5.74, 6) is 0. The minimum atomic E-state index is -2.09. The summed E-state index contributed by atoms with van der Waals surface area (Å²) in [7, 11) is 0. The molecule has 0 aliphatic carbocycles. The first kappa shape index (κ1) is 83.3. The number of rotatable bonds is 3. The number of fused-ring (bicyclic) bond motifs is 12. The fraction of sp³-hybridized carbons (Fsp3) is 0.348. The molecule has 0 saturated carbocycles. The van der Waals surface area contributed by atoms with Gasteiger partial charge in [0.2, 0.25) is 0 Å². The molecule has 0 spiro atoms. The maximum absolute atomic E-state index is 3.54. The second kappa shape index (κ2) is 31.7. The Hall–Kier alpha value is -6.66. The molecule has 536 valence electrons. The molecule has 8 aromatic carbocycles. The van der Waals surface area contributed by atoms with Crippen LogP contribution in [0.1, 0.15) is 195 Å². The molecule has 0 fully saturated rings. The molecule has 4 nitrogen and oxygen atoms in total. The van der Waals surface area contributed by atoms with Gasteiger partial charge in [-0.3, -0.25) is 0 Å². The smallest absolute Gasteiger partial charge is 0.0999 e. The normalized spacial score (nSPS) is 12.1. The molecule has 0 radical (unpaired) electrons. The standard InChI is InChI=1S/C24H27NS.C24H26NS.C20H25N.C12H9N.C4H3BrS.5CH4.3CH3.Sn/c2*1-23(2,3)16-9-11-20-18(14-16)19-15-17(24(4,5)6)10-12-21(19)25(20)22-8-7-13-26-22;1-19(2,3)13-7-9-17-15(11-13)16-12-14(20(4,5)6)8-10-18(16)21-17;1-3-7-11-9(5-1)10-6-2-4-8-12(10)13-11;5-4-2-1-3-6-4;;;;;;;;;/h7-15H,1-6H3;7-12,14-15H,1-6H3;7-12,21H,1-6H3;1-8,13H;1-3H;5*1H4;3*1H3;. The molecule has 0 aliphatic rings. The molecule has 0 bridgehead atoms. The van der Waals surface area contributed by atoms with E-state index in [-0.39, 0.29) is 69.6 Å². The monoisotopic (exact) mass is 1570 g/mol. The van der Waals surface area contributed by atoms with Crippen LogP contribution < -0.4 is 2.89 Å². The molecule has 2 N–H and O–H groups in total. The molecule has 15 aromatic rings. The molecule has 101 heavy (non-hydrogen) atoms. The van der Waals surface area contributed by atoms with Crippen LogP contribution in [0.25, 0.3) is 97.2 Å². The van der Waals surface area contributed by atoms with Gasteiger partial charge in [-0.1, -0.05) is 187 Å². The Bertz CT molecular complexity index is 4960. The van der Waals surface area contributed by atoms with Gasteiger partial charge in [-0.05, 0) is 149 Å². The Morgan fingerprint density at radius 1 is 0.297 bits per heavy atom. The summed E-state index contributed by atoms with van der Waals surface area (Å²) in [4.78, 5) is 14.4. The number of hydrogen-bond acceptors (Lipinski definition) is 3. The average molecular weight is 1580 g/mol. The summed E-state index contributed by atoms with van der Waals surface area (Å²) in [6.45, 7) is 41.1. The second-order valence-corrected chi connectivity index (χ2v) is 52.9. The molecule has 0 atom stereocenters. The summed E-state index contributed by atoms with van der Waals surface area (Å²) in [6, 6.07) is 71.6. The van der Waals surface area contributed by atoms with Gasteiger partial charge >= 0.3 is 191 Å².